The number of nitrogens with zero attached hydrogens (tertiary/aromatic N) is 4. The van der Waals surface area contributed by atoms with E-state index in [0.29, 0.717) is 23.6 Å². The molecule has 2 atom stereocenters. The quantitative estimate of drug-likeness (QED) is 0.182. The first-order valence-corrected chi connectivity index (χ1v) is 15.7. The Balaban J connectivity index is 1.83. The summed E-state index contributed by atoms with van der Waals surface area (Å²) < 4.78 is 17.8. The van der Waals surface area contributed by atoms with Crippen LogP contribution in [-0.4, -0.2) is 98.9 Å². The van der Waals surface area contributed by atoms with E-state index < -0.39 is 31.6 Å². The molecule has 1 unspecified atom stereocenters. The number of hydroxylamine groups is 2. The van der Waals surface area contributed by atoms with Gasteiger partial charge in [-0.3, -0.25) is 14.2 Å². The van der Waals surface area contributed by atoms with Crippen LogP contribution in [-0.2, 0) is 18.7 Å². The van der Waals surface area contributed by atoms with Crippen LogP contribution >= 0.6 is 7.60 Å². The molecule has 1 fully saturated rings. The Labute approximate surface area is 244 Å². The number of piperazine rings is 1. The van der Waals surface area contributed by atoms with E-state index >= 15 is 0 Å². The van der Waals surface area contributed by atoms with Gasteiger partial charge in [0.15, 0.2) is 5.82 Å². The van der Waals surface area contributed by atoms with E-state index in [-0.39, 0.29) is 57.1 Å². The Bertz CT molecular complexity index is 1260. The van der Waals surface area contributed by atoms with Crippen molar-refractivity contribution in [3.63, 3.8) is 0 Å². The fraction of sp³-hybridized carbons (Fsp3) is 0.519. The molecule has 0 radical (unpaired) electrons. The molecule has 2 amide bonds. The van der Waals surface area contributed by atoms with Crippen molar-refractivity contribution in [2.24, 2.45) is 0 Å². The van der Waals surface area contributed by atoms with Gasteiger partial charge in [0.05, 0.1) is 25.9 Å². The first kappa shape index (κ1) is 32.9. The first-order chi connectivity index (χ1) is 20.0. The van der Waals surface area contributed by atoms with Crippen molar-refractivity contribution in [2.75, 3.05) is 44.3 Å². The van der Waals surface area contributed by atoms with E-state index in [1.807, 2.05) is 51.1 Å². The maximum atomic E-state index is 13.6. The molecule has 42 heavy (non-hydrogen) atoms. The summed E-state index contributed by atoms with van der Waals surface area (Å²) in [6.45, 7) is 6.42. The highest BCUT2D eigenvalue weighted by Gasteiger charge is 2.32. The van der Waals surface area contributed by atoms with E-state index in [0.717, 1.165) is 6.42 Å². The molecule has 1 aromatic carbocycles. The van der Waals surface area contributed by atoms with E-state index in [9.17, 15) is 23.8 Å². The third-order valence-corrected chi connectivity index (χ3v) is 7.69. The van der Waals surface area contributed by atoms with Gasteiger partial charge in [-0.1, -0.05) is 43.7 Å². The number of benzene rings is 1. The molecule has 1 aliphatic heterocycles. The van der Waals surface area contributed by atoms with Crippen molar-refractivity contribution in [1.29, 1.82) is 0 Å². The molecule has 2 aromatic rings. The second-order valence-electron chi connectivity index (χ2n) is 10.1. The minimum Gasteiger partial charge on any atom is -0.448 e. The van der Waals surface area contributed by atoms with Gasteiger partial charge in [0, 0.05) is 30.8 Å². The van der Waals surface area contributed by atoms with E-state index in [4.69, 9.17) is 9.63 Å². The van der Waals surface area contributed by atoms with Crippen LogP contribution in [0.4, 0.5) is 10.6 Å². The zero-order valence-electron chi connectivity index (χ0n) is 24.1. The average Bonchev–Trinajstić information content (AvgIpc) is 2.95. The van der Waals surface area contributed by atoms with E-state index in [1.54, 1.807) is 0 Å². The lowest BCUT2D eigenvalue weighted by atomic mass is 10.1. The molecule has 1 aliphatic rings. The van der Waals surface area contributed by atoms with Gasteiger partial charge in [0.25, 0.3) is 5.91 Å². The van der Waals surface area contributed by atoms with Crippen molar-refractivity contribution in [3.8, 4) is 11.4 Å². The average molecular weight is 607 g/mol. The third-order valence-electron chi connectivity index (χ3n) is 6.28. The number of anilines is 1. The monoisotopic (exact) mass is 606 g/mol. The number of aromatic nitrogens is 2. The number of carbonyl (C=O) groups is 3. The Hall–Kier alpha value is -3.58. The summed E-state index contributed by atoms with van der Waals surface area (Å²) >= 11 is 0. The molecule has 15 heteroatoms. The predicted octanol–water partition coefficient (Wildman–Crippen LogP) is 3.21. The SMILES string of the molecule is CCCCOP(=O)(O)CC[C@H](NC(=O)c1cc(NC(C)C)nc(-c2ccccc2)n1)C(=O)N1CCN(OC(=O)O)CC1. The van der Waals surface area contributed by atoms with Crippen LogP contribution in [0.25, 0.3) is 11.4 Å². The number of hydrogen-bond donors (Lipinski definition) is 4. The molecule has 3 rings (SSSR count). The maximum absolute atomic E-state index is 13.6. The Morgan fingerprint density at radius 3 is 2.40 bits per heavy atom. The maximum Gasteiger partial charge on any atom is 0.525 e. The molecular formula is C27H39N6O8P. The standard InChI is InChI=1S/C27H39N6O8P/c1-4-5-16-40-42(38,39)17-11-21(26(35)32-12-14-33(15-13-32)41-27(36)37)30-25(34)22-18-23(28-19(2)3)31-24(29-22)20-9-7-6-8-10-20/h6-10,18-19,21H,4-5,11-17H2,1-3H3,(H,30,34)(H,36,37)(H,38,39)(H,28,29,31)/t21-/m0/s1. The van der Waals surface area contributed by atoms with Crippen molar-refractivity contribution in [1.82, 2.24) is 25.2 Å². The molecule has 1 aromatic heterocycles. The highest BCUT2D eigenvalue weighted by Crippen LogP contribution is 2.43. The third kappa shape index (κ3) is 10.4. The fourth-order valence-electron chi connectivity index (χ4n) is 4.18. The molecule has 1 saturated heterocycles. The van der Waals surface area contributed by atoms with Crippen LogP contribution in [0.1, 0.15) is 50.5 Å². The number of nitrogens with one attached hydrogen (secondary N) is 2. The van der Waals surface area contributed by atoms with Crippen molar-refractivity contribution >= 4 is 31.4 Å². The Morgan fingerprint density at radius 2 is 1.79 bits per heavy atom. The summed E-state index contributed by atoms with van der Waals surface area (Å²) in [7, 11) is -4.02. The van der Waals surface area contributed by atoms with Crippen LogP contribution in [0.5, 0.6) is 0 Å². The molecule has 230 valence electrons. The zero-order chi connectivity index (χ0) is 30.7. The lowest BCUT2D eigenvalue weighted by molar-refractivity contribution is -0.154. The molecule has 4 N–H and O–H groups in total. The lowest BCUT2D eigenvalue weighted by Gasteiger charge is -2.35. The highest BCUT2D eigenvalue weighted by atomic mass is 31.2. The normalized spacial score (nSPS) is 16.0. The lowest BCUT2D eigenvalue weighted by Crippen LogP contribution is -2.55. The van der Waals surface area contributed by atoms with Gasteiger partial charge in [-0.05, 0) is 26.7 Å². The fourth-order valence-corrected chi connectivity index (χ4v) is 5.31. The number of hydrogen-bond acceptors (Lipinski definition) is 10. The second-order valence-corrected chi connectivity index (χ2v) is 12.1. The van der Waals surface area contributed by atoms with Gasteiger partial charge >= 0.3 is 13.8 Å². The van der Waals surface area contributed by atoms with Crippen LogP contribution < -0.4 is 10.6 Å². The van der Waals surface area contributed by atoms with E-state index in [1.165, 1.54) is 16.0 Å². The van der Waals surface area contributed by atoms with Crippen molar-refractivity contribution in [2.45, 2.75) is 52.1 Å². The number of carbonyl (C=O) groups excluding carboxylic acids is 2. The highest BCUT2D eigenvalue weighted by molar-refractivity contribution is 7.52. The Kier molecular flexibility index (Phi) is 12.2. The number of amides is 2. The summed E-state index contributed by atoms with van der Waals surface area (Å²) in [5.41, 5.74) is 0.703. The minimum atomic E-state index is -4.02. The molecule has 0 spiro atoms. The molecule has 14 nitrogen and oxygen atoms in total. The second kappa shape index (κ2) is 15.6. The number of unbranched alkanes of at least 4 members (excludes halogenated alkanes) is 1. The smallest absolute Gasteiger partial charge is 0.448 e. The summed E-state index contributed by atoms with van der Waals surface area (Å²) in [6.07, 6.45) is -0.575. The van der Waals surface area contributed by atoms with Crippen molar-refractivity contribution < 1.29 is 38.3 Å². The largest absolute Gasteiger partial charge is 0.525 e. The number of rotatable bonds is 14. The van der Waals surface area contributed by atoms with Gasteiger partial charge in [0.2, 0.25) is 5.91 Å². The molecule has 0 aliphatic carbocycles. The predicted molar refractivity (Wildman–Crippen MR) is 155 cm³/mol. The van der Waals surface area contributed by atoms with Gasteiger partial charge in [-0.15, -0.1) is 5.06 Å². The van der Waals surface area contributed by atoms with Crippen molar-refractivity contribution in [3.05, 3.63) is 42.1 Å². The van der Waals surface area contributed by atoms with Crippen LogP contribution in [0, 0.1) is 0 Å². The van der Waals surface area contributed by atoms with Crippen LogP contribution in [0.15, 0.2) is 36.4 Å². The summed E-state index contributed by atoms with van der Waals surface area (Å²) in [4.78, 5) is 63.3. The van der Waals surface area contributed by atoms with Crippen LogP contribution in [0.2, 0.25) is 0 Å². The van der Waals surface area contributed by atoms with Gasteiger partial charge < -0.3 is 34.9 Å². The van der Waals surface area contributed by atoms with Gasteiger partial charge in [-0.25, -0.2) is 14.8 Å². The summed E-state index contributed by atoms with van der Waals surface area (Å²) in [5.74, 6) is -0.407. The molecule has 0 bridgehead atoms. The van der Waals surface area contributed by atoms with Crippen LogP contribution in [0.3, 0.4) is 0 Å². The summed E-state index contributed by atoms with van der Waals surface area (Å²) in [6, 6.07) is 9.46. The summed E-state index contributed by atoms with van der Waals surface area (Å²) in [5, 5.41) is 15.9. The first-order valence-electron chi connectivity index (χ1n) is 13.9. The Morgan fingerprint density at radius 1 is 1.10 bits per heavy atom. The molecular weight excluding hydrogens is 567 g/mol. The zero-order valence-corrected chi connectivity index (χ0v) is 25.0. The number of carboxylic acid groups (broad SMARTS) is 1. The van der Waals surface area contributed by atoms with Gasteiger partial charge in [-0.2, -0.15) is 0 Å². The topological polar surface area (TPSA) is 184 Å². The minimum absolute atomic E-state index is 0.0101. The molecule has 0 saturated carbocycles. The molecule has 2 heterocycles. The van der Waals surface area contributed by atoms with E-state index in [2.05, 4.69) is 25.4 Å². The van der Waals surface area contributed by atoms with Gasteiger partial charge in [0.1, 0.15) is 17.6 Å².